The topological polar surface area (TPSA) is 70.6 Å². The number of carbonyl (C=O) groups excluding carboxylic acids is 1. The molecule has 3 heterocycles. The Bertz CT molecular complexity index is 1370. The second-order valence-electron chi connectivity index (χ2n) is 8.76. The molecule has 176 valence electrons. The maximum atomic E-state index is 13.7. The zero-order valence-corrected chi connectivity index (χ0v) is 19.2. The molecule has 1 aliphatic rings. The Kier molecular flexibility index (Phi) is 6.55. The first-order chi connectivity index (χ1) is 17.2. The van der Waals surface area contributed by atoms with Crippen LogP contribution >= 0.6 is 0 Å². The van der Waals surface area contributed by atoms with Crippen LogP contribution in [0.2, 0.25) is 0 Å². The second-order valence-corrected chi connectivity index (χ2v) is 8.76. The van der Waals surface area contributed by atoms with Crippen LogP contribution in [0.15, 0.2) is 73.1 Å². The Morgan fingerprint density at radius 3 is 2.54 bits per heavy atom. The van der Waals surface area contributed by atoms with Gasteiger partial charge in [-0.05, 0) is 66.3 Å². The molecule has 0 bridgehead atoms. The van der Waals surface area contributed by atoms with E-state index in [1.807, 2.05) is 35.4 Å². The summed E-state index contributed by atoms with van der Waals surface area (Å²) in [6.45, 7) is 1.47. The number of aromatic nitrogens is 2. The van der Waals surface area contributed by atoms with Crippen molar-refractivity contribution in [3.05, 3.63) is 89.7 Å². The predicted octanol–water partition coefficient (Wildman–Crippen LogP) is 5.42. The smallest absolute Gasteiger partial charge is 0.258 e. The van der Waals surface area contributed by atoms with E-state index in [1.165, 1.54) is 0 Å². The van der Waals surface area contributed by atoms with Gasteiger partial charge in [-0.1, -0.05) is 24.3 Å². The van der Waals surface area contributed by atoms with Gasteiger partial charge in [-0.15, -0.1) is 0 Å². The van der Waals surface area contributed by atoms with Gasteiger partial charge in [0.25, 0.3) is 5.91 Å². The number of benzene rings is 2. The number of hydrogen-bond acceptors (Lipinski definition) is 4. The van der Waals surface area contributed by atoms with Crippen LogP contribution in [0.1, 0.15) is 34.3 Å². The van der Waals surface area contributed by atoms with Gasteiger partial charge < -0.3 is 9.64 Å². The molecular formula is C28H25FN4O2. The van der Waals surface area contributed by atoms with E-state index in [2.05, 4.69) is 11.2 Å². The summed E-state index contributed by atoms with van der Waals surface area (Å²) in [5, 5.41) is 13.6. The van der Waals surface area contributed by atoms with E-state index >= 15 is 0 Å². The monoisotopic (exact) mass is 468 g/mol. The van der Waals surface area contributed by atoms with E-state index in [4.69, 9.17) is 10.00 Å². The minimum atomic E-state index is -0.502. The van der Waals surface area contributed by atoms with Crippen LogP contribution in [0.5, 0.6) is 0 Å². The van der Waals surface area contributed by atoms with Crippen LogP contribution < -0.4 is 4.90 Å². The van der Waals surface area contributed by atoms with Crippen LogP contribution in [0.25, 0.3) is 16.6 Å². The number of ether oxygens (including phenoxy) is 1. The zero-order valence-electron chi connectivity index (χ0n) is 19.2. The lowest BCUT2D eigenvalue weighted by molar-refractivity contribution is 0.0668. The summed E-state index contributed by atoms with van der Waals surface area (Å²) in [7, 11) is 0. The third kappa shape index (κ3) is 4.79. The molecule has 0 N–H and O–H groups in total. The fourth-order valence-corrected chi connectivity index (χ4v) is 4.47. The third-order valence-corrected chi connectivity index (χ3v) is 6.52. The van der Waals surface area contributed by atoms with Crippen molar-refractivity contribution in [3.8, 4) is 17.2 Å². The van der Waals surface area contributed by atoms with Crippen LogP contribution in [0.3, 0.4) is 0 Å². The maximum Gasteiger partial charge on any atom is 0.258 e. The lowest BCUT2D eigenvalue weighted by Gasteiger charge is -2.30. The normalized spacial score (nSPS) is 14.1. The molecule has 0 radical (unpaired) electrons. The molecule has 7 heteroatoms. The molecule has 1 aliphatic heterocycles. The molecule has 0 saturated carbocycles. The van der Waals surface area contributed by atoms with Gasteiger partial charge in [0.05, 0.1) is 23.3 Å². The SMILES string of the molecule is N#Cc1ccc(C(=O)N(CC2CCOCC2)c2ccn3ncc(-c4ccc(CF)cc4)c3c2)cc1. The van der Waals surface area contributed by atoms with Gasteiger partial charge in [0.15, 0.2) is 0 Å². The maximum absolute atomic E-state index is 13.7. The standard InChI is InChI=1S/C28H25FN4O2/c29-16-20-1-5-23(6-2-20)26-18-31-33-12-9-25(15-27(26)33)32(19-22-10-13-35-14-11-22)28(34)24-7-3-21(17-30)4-8-24/h1-9,12,15,18,22H,10-11,13-14,16,19H2. The first-order valence-electron chi connectivity index (χ1n) is 11.7. The van der Waals surface area contributed by atoms with Gasteiger partial charge in [-0.25, -0.2) is 8.91 Å². The summed E-state index contributed by atoms with van der Waals surface area (Å²) >= 11 is 0. The van der Waals surface area contributed by atoms with Crippen molar-refractivity contribution in [1.29, 1.82) is 5.26 Å². The average Bonchev–Trinajstić information content (AvgIpc) is 3.35. The van der Waals surface area contributed by atoms with E-state index in [-0.39, 0.29) is 5.91 Å². The largest absolute Gasteiger partial charge is 0.381 e. The Labute approximate surface area is 203 Å². The minimum Gasteiger partial charge on any atom is -0.381 e. The molecule has 4 aromatic rings. The number of nitriles is 1. The molecule has 1 saturated heterocycles. The summed E-state index contributed by atoms with van der Waals surface area (Å²) in [5.74, 6) is 0.221. The Balaban J connectivity index is 1.53. The molecule has 0 unspecified atom stereocenters. The van der Waals surface area contributed by atoms with Gasteiger partial charge in [0, 0.05) is 42.8 Å². The highest BCUT2D eigenvalue weighted by Crippen LogP contribution is 2.30. The van der Waals surface area contributed by atoms with Crippen LogP contribution in [0.4, 0.5) is 10.1 Å². The summed E-state index contributed by atoms with van der Waals surface area (Å²) in [6.07, 6.45) is 5.44. The van der Waals surface area contributed by atoms with Crippen molar-refractivity contribution in [2.75, 3.05) is 24.7 Å². The van der Waals surface area contributed by atoms with Crippen molar-refractivity contribution in [2.45, 2.75) is 19.5 Å². The molecule has 35 heavy (non-hydrogen) atoms. The van der Waals surface area contributed by atoms with E-state index in [0.717, 1.165) is 35.2 Å². The number of amides is 1. The van der Waals surface area contributed by atoms with E-state index < -0.39 is 6.67 Å². The van der Waals surface area contributed by atoms with Gasteiger partial charge in [-0.2, -0.15) is 10.4 Å². The number of hydrogen-bond donors (Lipinski definition) is 0. The quantitative estimate of drug-likeness (QED) is 0.379. The number of rotatable bonds is 6. The lowest BCUT2D eigenvalue weighted by Crippen LogP contribution is -2.37. The van der Waals surface area contributed by atoms with Crippen LogP contribution in [-0.4, -0.2) is 35.3 Å². The van der Waals surface area contributed by atoms with E-state index in [1.54, 1.807) is 47.1 Å². The molecule has 0 spiro atoms. The number of carbonyl (C=O) groups is 1. The highest BCUT2D eigenvalue weighted by atomic mass is 19.1. The van der Waals surface area contributed by atoms with Gasteiger partial charge >= 0.3 is 0 Å². The molecule has 5 rings (SSSR count). The third-order valence-electron chi connectivity index (χ3n) is 6.52. The molecule has 0 atom stereocenters. The van der Waals surface area contributed by atoms with Crippen LogP contribution in [-0.2, 0) is 11.4 Å². The number of halogens is 1. The first kappa shape index (κ1) is 22.8. The first-order valence-corrected chi connectivity index (χ1v) is 11.7. The van der Waals surface area contributed by atoms with Crippen molar-refractivity contribution in [3.63, 3.8) is 0 Å². The fourth-order valence-electron chi connectivity index (χ4n) is 4.47. The van der Waals surface area contributed by atoms with Crippen molar-refractivity contribution >= 4 is 17.1 Å². The second kappa shape index (κ2) is 10.1. The highest BCUT2D eigenvalue weighted by Gasteiger charge is 2.24. The molecule has 6 nitrogen and oxygen atoms in total. The van der Waals surface area contributed by atoms with Crippen LogP contribution in [0, 0.1) is 17.2 Å². The number of anilines is 1. The van der Waals surface area contributed by atoms with Crippen molar-refractivity contribution in [1.82, 2.24) is 9.61 Å². The summed E-state index contributed by atoms with van der Waals surface area (Å²) < 4.78 is 20.3. The number of fused-ring (bicyclic) bond motifs is 1. The van der Waals surface area contributed by atoms with Gasteiger partial charge in [0.1, 0.15) is 6.67 Å². The van der Waals surface area contributed by atoms with E-state index in [0.29, 0.717) is 42.4 Å². The molecule has 2 aromatic heterocycles. The molecule has 1 amide bonds. The number of nitrogens with zero attached hydrogens (tertiary/aromatic N) is 4. The Hall–Kier alpha value is -4.02. The number of alkyl halides is 1. The molecule has 2 aromatic carbocycles. The number of pyridine rings is 1. The van der Waals surface area contributed by atoms with E-state index in [9.17, 15) is 9.18 Å². The fraction of sp³-hybridized carbons (Fsp3) is 0.250. The highest BCUT2D eigenvalue weighted by molar-refractivity contribution is 6.06. The molecular weight excluding hydrogens is 443 g/mol. The lowest BCUT2D eigenvalue weighted by atomic mass is 9.98. The Morgan fingerprint density at radius 1 is 1.11 bits per heavy atom. The predicted molar refractivity (Wildman–Crippen MR) is 132 cm³/mol. The summed E-state index contributed by atoms with van der Waals surface area (Å²) in [4.78, 5) is 15.5. The van der Waals surface area contributed by atoms with Gasteiger partial charge in [0.2, 0.25) is 0 Å². The molecule has 0 aliphatic carbocycles. The van der Waals surface area contributed by atoms with Gasteiger partial charge in [-0.3, -0.25) is 4.79 Å². The zero-order chi connectivity index (χ0) is 24.2. The molecule has 1 fully saturated rings. The van der Waals surface area contributed by atoms with Crippen molar-refractivity contribution < 1.29 is 13.9 Å². The summed E-state index contributed by atoms with van der Waals surface area (Å²) in [5.41, 5.74) is 5.16. The average molecular weight is 469 g/mol. The Morgan fingerprint density at radius 2 is 1.86 bits per heavy atom. The minimum absolute atomic E-state index is 0.112. The summed E-state index contributed by atoms with van der Waals surface area (Å²) in [6, 6.07) is 20.0. The van der Waals surface area contributed by atoms with Crippen molar-refractivity contribution in [2.24, 2.45) is 5.92 Å².